The normalized spacial score (nSPS) is 29.8. The molecule has 0 spiro atoms. The Balaban J connectivity index is 1.71. The van der Waals surface area contributed by atoms with Crippen molar-refractivity contribution in [2.24, 2.45) is 0 Å². The monoisotopic (exact) mass is 434 g/mol. The minimum absolute atomic E-state index is 0.0103. The first-order valence-corrected chi connectivity index (χ1v) is 11.6. The standard InChI is InChI=1S/C22H42N8O/c1-23-21-13-24-6-9-27-16-22(17-28-10-7-25-14-21,18-29-11-8-26-15-21)30-12-19-2-4-20(31)5-3-19/h2-5,23-31H,6-18H2,1H3. The Morgan fingerprint density at radius 3 is 1.45 bits per heavy atom. The highest BCUT2D eigenvalue weighted by molar-refractivity contribution is 5.26. The highest BCUT2D eigenvalue weighted by atomic mass is 16.3. The van der Waals surface area contributed by atoms with Gasteiger partial charge in [-0.3, -0.25) is 0 Å². The molecule has 4 rings (SSSR count). The zero-order chi connectivity index (χ0) is 21.8. The van der Waals surface area contributed by atoms with E-state index in [9.17, 15) is 5.11 Å². The van der Waals surface area contributed by atoms with Gasteiger partial charge in [0, 0.05) is 85.1 Å². The lowest BCUT2D eigenvalue weighted by molar-refractivity contribution is 0.260. The molecule has 1 aromatic rings. The maximum atomic E-state index is 9.57. The molecule has 9 heteroatoms. The van der Waals surface area contributed by atoms with E-state index in [1.54, 1.807) is 12.1 Å². The van der Waals surface area contributed by atoms with Gasteiger partial charge >= 0.3 is 0 Å². The van der Waals surface area contributed by atoms with E-state index in [0.717, 1.165) is 85.1 Å². The van der Waals surface area contributed by atoms with Gasteiger partial charge in [-0.1, -0.05) is 12.1 Å². The van der Waals surface area contributed by atoms with Gasteiger partial charge in [0.2, 0.25) is 0 Å². The molecule has 31 heavy (non-hydrogen) atoms. The molecular weight excluding hydrogens is 392 g/mol. The molecule has 0 saturated carbocycles. The van der Waals surface area contributed by atoms with Crippen LogP contribution in [-0.4, -0.2) is 102 Å². The lowest BCUT2D eigenvalue weighted by atomic mass is 9.97. The Labute approximate surface area is 186 Å². The molecule has 0 amide bonds. The molecule has 0 radical (unpaired) electrons. The Kier molecular flexibility index (Phi) is 9.95. The van der Waals surface area contributed by atoms with Gasteiger partial charge in [-0.05, 0) is 24.7 Å². The van der Waals surface area contributed by atoms with Gasteiger partial charge in [-0.2, -0.15) is 0 Å². The number of aromatic hydroxyl groups is 1. The zero-order valence-electron chi connectivity index (χ0n) is 18.9. The van der Waals surface area contributed by atoms with Crippen molar-refractivity contribution in [2.45, 2.75) is 17.6 Å². The summed E-state index contributed by atoms with van der Waals surface area (Å²) >= 11 is 0. The minimum Gasteiger partial charge on any atom is -0.508 e. The molecule has 0 unspecified atom stereocenters. The molecule has 0 aromatic heterocycles. The number of phenols is 1. The number of benzene rings is 1. The molecule has 1 aromatic carbocycles. The average molecular weight is 435 g/mol. The average Bonchev–Trinajstić information content (AvgIpc) is 2.79. The maximum Gasteiger partial charge on any atom is 0.115 e. The van der Waals surface area contributed by atoms with Crippen LogP contribution in [0.25, 0.3) is 0 Å². The third kappa shape index (κ3) is 7.96. The third-order valence-corrected chi connectivity index (χ3v) is 6.35. The molecule has 2 bridgehead atoms. The smallest absolute Gasteiger partial charge is 0.115 e. The Hall–Kier alpha value is -1.30. The van der Waals surface area contributed by atoms with E-state index in [4.69, 9.17) is 0 Å². The molecule has 3 fully saturated rings. The maximum absolute atomic E-state index is 9.57. The number of fused-ring (bicyclic) bond motifs is 15. The summed E-state index contributed by atoms with van der Waals surface area (Å²) in [4.78, 5) is 0. The van der Waals surface area contributed by atoms with Crippen molar-refractivity contribution >= 4 is 0 Å². The summed E-state index contributed by atoms with van der Waals surface area (Å²) in [6.45, 7) is 11.6. The van der Waals surface area contributed by atoms with Crippen LogP contribution in [-0.2, 0) is 6.54 Å². The molecule has 3 aliphatic heterocycles. The quantitative estimate of drug-likeness (QED) is 0.259. The summed E-state index contributed by atoms with van der Waals surface area (Å²) in [6, 6.07) is 7.45. The number of nitrogens with one attached hydrogen (secondary N) is 8. The van der Waals surface area contributed by atoms with Crippen LogP contribution in [0.4, 0.5) is 0 Å². The second kappa shape index (κ2) is 12.7. The van der Waals surface area contributed by atoms with Crippen LogP contribution in [0.2, 0.25) is 0 Å². The SMILES string of the molecule is CNC12CNCCNCC(NCc3ccc(O)cc3)(CNCCNC1)CNCCNC2. The Morgan fingerprint density at radius 1 is 0.677 bits per heavy atom. The van der Waals surface area contributed by atoms with Gasteiger partial charge in [0.25, 0.3) is 0 Å². The largest absolute Gasteiger partial charge is 0.508 e. The summed E-state index contributed by atoms with van der Waals surface area (Å²) < 4.78 is 0. The van der Waals surface area contributed by atoms with E-state index in [1.807, 2.05) is 12.1 Å². The summed E-state index contributed by atoms with van der Waals surface area (Å²) in [5.41, 5.74) is 1.03. The van der Waals surface area contributed by atoms with Crippen molar-refractivity contribution in [3.63, 3.8) is 0 Å². The summed E-state index contributed by atoms with van der Waals surface area (Å²) in [6.07, 6.45) is 0. The number of likely N-dealkylation sites (N-methyl/N-ethyl adjacent to an activating group) is 1. The summed E-state index contributed by atoms with van der Waals surface area (Å²) in [5, 5.41) is 38.9. The number of hydrogen-bond acceptors (Lipinski definition) is 9. The van der Waals surface area contributed by atoms with Crippen molar-refractivity contribution in [2.75, 3.05) is 85.6 Å². The van der Waals surface area contributed by atoms with E-state index in [1.165, 1.54) is 5.56 Å². The minimum atomic E-state index is -0.124. The zero-order valence-corrected chi connectivity index (χ0v) is 18.9. The highest BCUT2D eigenvalue weighted by Crippen LogP contribution is 2.11. The van der Waals surface area contributed by atoms with Gasteiger partial charge in [-0.15, -0.1) is 0 Å². The highest BCUT2D eigenvalue weighted by Gasteiger charge is 2.30. The molecule has 0 atom stereocenters. The van der Waals surface area contributed by atoms with Crippen LogP contribution >= 0.6 is 0 Å². The molecule has 3 heterocycles. The van der Waals surface area contributed by atoms with Crippen LogP contribution < -0.4 is 42.5 Å². The van der Waals surface area contributed by atoms with Crippen LogP contribution in [0.15, 0.2) is 24.3 Å². The van der Waals surface area contributed by atoms with Crippen molar-refractivity contribution in [3.05, 3.63) is 29.8 Å². The van der Waals surface area contributed by atoms with E-state index in [0.29, 0.717) is 5.75 Å². The fourth-order valence-electron chi connectivity index (χ4n) is 4.23. The molecule has 3 saturated heterocycles. The van der Waals surface area contributed by atoms with Crippen molar-refractivity contribution in [1.82, 2.24) is 42.5 Å². The Morgan fingerprint density at radius 2 is 1.06 bits per heavy atom. The van der Waals surface area contributed by atoms with E-state index in [-0.39, 0.29) is 11.1 Å². The first kappa shape index (κ1) is 24.3. The fraction of sp³-hybridized carbons (Fsp3) is 0.727. The fourth-order valence-corrected chi connectivity index (χ4v) is 4.23. The summed E-state index contributed by atoms with van der Waals surface area (Å²) in [5.74, 6) is 0.303. The van der Waals surface area contributed by atoms with Gasteiger partial charge in [-0.25, -0.2) is 0 Å². The van der Waals surface area contributed by atoms with E-state index < -0.39 is 0 Å². The molecular formula is C22H42N8O. The predicted molar refractivity (Wildman–Crippen MR) is 127 cm³/mol. The second-order valence-corrected chi connectivity index (χ2v) is 8.89. The van der Waals surface area contributed by atoms with Crippen LogP contribution in [0.3, 0.4) is 0 Å². The lowest BCUT2D eigenvalue weighted by Gasteiger charge is -2.38. The van der Waals surface area contributed by atoms with Crippen molar-refractivity contribution in [3.8, 4) is 5.75 Å². The lowest BCUT2D eigenvalue weighted by Crippen LogP contribution is -2.66. The molecule has 9 nitrogen and oxygen atoms in total. The van der Waals surface area contributed by atoms with Crippen LogP contribution in [0, 0.1) is 0 Å². The van der Waals surface area contributed by atoms with Crippen LogP contribution in [0.1, 0.15) is 5.56 Å². The van der Waals surface area contributed by atoms with Gasteiger partial charge in [0.05, 0.1) is 11.1 Å². The molecule has 176 valence electrons. The van der Waals surface area contributed by atoms with Gasteiger partial charge in [0.15, 0.2) is 0 Å². The number of phenolic OH excluding ortho intramolecular Hbond substituents is 1. The topological polar surface area (TPSA) is 116 Å². The molecule has 0 aliphatic carbocycles. The first-order chi connectivity index (χ1) is 15.2. The summed E-state index contributed by atoms with van der Waals surface area (Å²) in [7, 11) is 2.06. The van der Waals surface area contributed by atoms with Crippen LogP contribution in [0.5, 0.6) is 5.75 Å². The number of rotatable bonds is 4. The number of hydrogen-bond donors (Lipinski definition) is 9. The van der Waals surface area contributed by atoms with E-state index in [2.05, 4.69) is 49.6 Å². The van der Waals surface area contributed by atoms with Gasteiger partial charge < -0.3 is 47.6 Å². The van der Waals surface area contributed by atoms with Gasteiger partial charge in [0.1, 0.15) is 5.75 Å². The Bertz CT molecular complexity index is 583. The first-order valence-electron chi connectivity index (χ1n) is 11.6. The third-order valence-electron chi connectivity index (χ3n) is 6.35. The van der Waals surface area contributed by atoms with E-state index >= 15 is 0 Å². The van der Waals surface area contributed by atoms with Crippen molar-refractivity contribution in [1.29, 1.82) is 0 Å². The molecule has 9 N–H and O–H groups in total. The molecule has 3 aliphatic rings. The van der Waals surface area contributed by atoms with Crippen molar-refractivity contribution < 1.29 is 5.11 Å². The predicted octanol–water partition coefficient (Wildman–Crippen LogP) is -2.26. The second-order valence-electron chi connectivity index (χ2n) is 8.89.